The number of rotatable bonds is 11. The lowest BCUT2D eigenvalue weighted by atomic mass is 10.00. The fourth-order valence-corrected chi connectivity index (χ4v) is 5.43. The minimum atomic E-state index is 0.225. The second-order valence-corrected chi connectivity index (χ2v) is 9.96. The van der Waals surface area contributed by atoms with Crippen LogP contribution in [0.3, 0.4) is 0 Å². The quantitative estimate of drug-likeness (QED) is 0.318. The van der Waals surface area contributed by atoms with E-state index in [0.717, 1.165) is 59.1 Å². The second-order valence-electron chi connectivity index (χ2n) is 9.05. The fourth-order valence-electron chi connectivity index (χ4n) is 4.73. The molecule has 9 nitrogen and oxygen atoms in total. The van der Waals surface area contributed by atoms with Crippen molar-refractivity contribution in [2.24, 2.45) is 0 Å². The van der Waals surface area contributed by atoms with Gasteiger partial charge in [-0.1, -0.05) is 18.2 Å². The monoisotopic (exact) mass is 517 g/mol. The van der Waals surface area contributed by atoms with Crippen LogP contribution in [0.5, 0.6) is 5.75 Å². The molecule has 192 valence electrons. The van der Waals surface area contributed by atoms with Gasteiger partial charge in [-0.25, -0.2) is 19.6 Å². The minimum Gasteiger partial charge on any atom is -0.496 e. The van der Waals surface area contributed by atoms with Crippen molar-refractivity contribution in [3.8, 4) is 17.0 Å². The molecular weight excluding hydrogens is 486 g/mol. The molecule has 1 unspecified atom stereocenters. The molecule has 1 aliphatic rings. The second kappa shape index (κ2) is 11.6. The highest BCUT2D eigenvalue weighted by Gasteiger charge is 2.20. The lowest BCUT2D eigenvalue weighted by Gasteiger charge is -2.20. The van der Waals surface area contributed by atoms with Crippen molar-refractivity contribution in [2.45, 2.75) is 25.3 Å². The van der Waals surface area contributed by atoms with E-state index in [9.17, 15) is 4.79 Å². The van der Waals surface area contributed by atoms with Crippen molar-refractivity contribution >= 4 is 34.5 Å². The number of para-hydroxylation sites is 1. The van der Waals surface area contributed by atoms with Gasteiger partial charge in [0, 0.05) is 60.9 Å². The molecule has 0 radical (unpaired) electrons. The smallest absolute Gasteiger partial charge is 0.222 e. The Kier molecular flexibility index (Phi) is 7.84. The van der Waals surface area contributed by atoms with Crippen molar-refractivity contribution < 1.29 is 9.53 Å². The third-order valence-electron chi connectivity index (χ3n) is 6.67. The summed E-state index contributed by atoms with van der Waals surface area (Å²) in [5.74, 6) is 3.12. The first-order valence-corrected chi connectivity index (χ1v) is 13.8. The van der Waals surface area contributed by atoms with Crippen molar-refractivity contribution in [3.63, 3.8) is 0 Å². The molecule has 4 aromatic rings. The maximum Gasteiger partial charge on any atom is 0.222 e. The van der Waals surface area contributed by atoms with Crippen LogP contribution in [-0.4, -0.2) is 74.3 Å². The number of likely N-dealkylation sites (tertiary alicyclic amines) is 1. The summed E-state index contributed by atoms with van der Waals surface area (Å²) < 4.78 is 7.45. The van der Waals surface area contributed by atoms with Crippen LogP contribution in [0.15, 0.2) is 55.1 Å². The van der Waals surface area contributed by atoms with Gasteiger partial charge in [0.05, 0.1) is 25.5 Å². The molecule has 1 atom stereocenters. The number of nitrogens with one attached hydrogen (secondary N) is 1. The molecule has 0 aliphatic carbocycles. The van der Waals surface area contributed by atoms with E-state index < -0.39 is 0 Å². The van der Waals surface area contributed by atoms with Crippen molar-refractivity contribution in [1.82, 2.24) is 29.6 Å². The summed E-state index contributed by atoms with van der Waals surface area (Å²) in [5.41, 5.74) is 3.68. The van der Waals surface area contributed by atoms with Gasteiger partial charge < -0.3 is 15.0 Å². The molecule has 0 bridgehead atoms. The fraction of sp³-hybridized carbons (Fsp3) is 0.370. The number of methoxy groups -OCH3 is 1. The Bertz CT molecular complexity index is 1380. The number of aromatic nitrogens is 5. The number of benzene rings is 1. The summed E-state index contributed by atoms with van der Waals surface area (Å²) in [4.78, 5) is 27.4. The first-order chi connectivity index (χ1) is 18.2. The van der Waals surface area contributed by atoms with Crippen LogP contribution >= 0.6 is 11.8 Å². The van der Waals surface area contributed by atoms with E-state index in [1.165, 1.54) is 5.56 Å². The number of carbonyl (C=O) groups excluding carboxylic acids is 1. The molecule has 10 heteroatoms. The number of thioether (sulfide) groups is 1. The number of ether oxygens (including phenoxy) is 1. The van der Waals surface area contributed by atoms with Crippen LogP contribution in [0, 0.1) is 0 Å². The van der Waals surface area contributed by atoms with Crippen LogP contribution in [0.1, 0.15) is 24.3 Å². The Morgan fingerprint density at radius 2 is 2.03 bits per heavy atom. The zero-order valence-electron chi connectivity index (χ0n) is 21.1. The van der Waals surface area contributed by atoms with Gasteiger partial charge in [0.2, 0.25) is 5.91 Å². The zero-order chi connectivity index (χ0) is 25.6. The normalized spacial score (nSPS) is 14.3. The van der Waals surface area contributed by atoms with E-state index in [0.29, 0.717) is 19.5 Å². The number of anilines is 1. The van der Waals surface area contributed by atoms with Gasteiger partial charge in [0.25, 0.3) is 0 Å². The SMILES string of the molecule is COc1ccccc1C(CNc1cc(-c2cnc3c(cnn3CCN3CCCC3=O)c2)ncn1)CSC. The zero-order valence-corrected chi connectivity index (χ0v) is 21.9. The highest BCUT2D eigenvalue weighted by Crippen LogP contribution is 2.29. The molecule has 1 saturated heterocycles. The van der Waals surface area contributed by atoms with Crippen LogP contribution in [0.25, 0.3) is 22.3 Å². The number of nitrogens with zero attached hydrogens (tertiary/aromatic N) is 6. The number of amides is 1. The Hall–Kier alpha value is -3.66. The summed E-state index contributed by atoms with van der Waals surface area (Å²) in [5, 5.41) is 8.93. The van der Waals surface area contributed by atoms with Crippen LogP contribution < -0.4 is 10.1 Å². The molecule has 1 aromatic carbocycles. The van der Waals surface area contributed by atoms with E-state index in [1.807, 2.05) is 64.1 Å². The third kappa shape index (κ3) is 5.69. The van der Waals surface area contributed by atoms with E-state index in [1.54, 1.807) is 13.4 Å². The molecule has 1 amide bonds. The van der Waals surface area contributed by atoms with Gasteiger partial charge in [-0.05, 0) is 30.4 Å². The highest BCUT2D eigenvalue weighted by atomic mass is 32.2. The standard InChI is InChI=1S/C27H31N7O2S/c1-36-24-7-4-3-6-22(24)21(17-37-2)15-28-25-13-23(30-18-31-25)19-12-20-16-32-34(27(20)29-14-19)11-10-33-9-5-8-26(33)35/h3-4,6-7,12-14,16,18,21H,5,8-11,15,17H2,1-2H3,(H,28,30,31). The topological polar surface area (TPSA) is 98.1 Å². The molecule has 4 heterocycles. The first kappa shape index (κ1) is 25.0. The van der Waals surface area contributed by atoms with Crippen molar-refractivity contribution in [2.75, 3.05) is 44.1 Å². The van der Waals surface area contributed by atoms with Crippen molar-refractivity contribution in [1.29, 1.82) is 0 Å². The number of pyridine rings is 1. The Morgan fingerprint density at radius 1 is 1.14 bits per heavy atom. The Labute approximate surface area is 220 Å². The number of fused-ring (bicyclic) bond motifs is 1. The average molecular weight is 518 g/mol. The number of hydrogen-bond donors (Lipinski definition) is 1. The Balaban J connectivity index is 1.29. The summed E-state index contributed by atoms with van der Waals surface area (Å²) in [6.07, 6.45) is 8.91. The lowest BCUT2D eigenvalue weighted by Crippen LogP contribution is -2.28. The number of carbonyl (C=O) groups is 1. The van der Waals surface area contributed by atoms with Gasteiger partial charge in [0.1, 0.15) is 17.9 Å². The van der Waals surface area contributed by atoms with E-state index in [-0.39, 0.29) is 11.8 Å². The molecule has 1 aliphatic heterocycles. The largest absolute Gasteiger partial charge is 0.496 e. The summed E-state index contributed by atoms with van der Waals surface area (Å²) in [6, 6.07) is 12.2. The molecule has 1 fully saturated rings. The number of hydrogen-bond acceptors (Lipinski definition) is 8. The van der Waals surface area contributed by atoms with Gasteiger partial charge in [0.15, 0.2) is 5.65 Å². The van der Waals surface area contributed by atoms with E-state index in [2.05, 4.69) is 37.7 Å². The Morgan fingerprint density at radius 3 is 2.84 bits per heavy atom. The molecule has 0 saturated carbocycles. The van der Waals surface area contributed by atoms with Crippen LogP contribution in [-0.2, 0) is 11.3 Å². The molecule has 1 N–H and O–H groups in total. The molecule has 37 heavy (non-hydrogen) atoms. The molecule has 5 rings (SSSR count). The minimum absolute atomic E-state index is 0.225. The van der Waals surface area contributed by atoms with Crippen LogP contribution in [0.4, 0.5) is 5.82 Å². The third-order valence-corrected chi connectivity index (χ3v) is 7.40. The molecule has 0 spiro atoms. The van der Waals surface area contributed by atoms with Gasteiger partial charge >= 0.3 is 0 Å². The summed E-state index contributed by atoms with van der Waals surface area (Å²) >= 11 is 1.81. The maximum absolute atomic E-state index is 11.9. The van der Waals surface area contributed by atoms with Crippen molar-refractivity contribution in [3.05, 3.63) is 60.7 Å². The van der Waals surface area contributed by atoms with E-state index >= 15 is 0 Å². The average Bonchev–Trinajstić information content (AvgIpc) is 3.54. The first-order valence-electron chi connectivity index (χ1n) is 12.4. The van der Waals surface area contributed by atoms with Gasteiger partial charge in [-0.3, -0.25) is 4.79 Å². The highest BCUT2D eigenvalue weighted by molar-refractivity contribution is 7.98. The predicted molar refractivity (Wildman–Crippen MR) is 147 cm³/mol. The lowest BCUT2D eigenvalue weighted by molar-refractivity contribution is -0.127. The van der Waals surface area contributed by atoms with Gasteiger partial charge in [-0.15, -0.1) is 0 Å². The molecule has 3 aromatic heterocycles. The predicted octanol–water partition coefficient (Wildman–Crippen LogP) is 4.08. The van der Waals surface area contributed by atoms with Gasteiger partial charge in [-0.2, -0.15) is 16.9 Å². The van der Waals surface area contributed by atoms with E-state index in [4.69, 9.17) is 4.74 Å². The summed E-state index contributed by atoms with van der Waals surface area (Å²) in [6.45, 7) is 2.84. The summed E-state index contributed by atoms with van der Waals surface area (Å²) in [7, 11) is 1.71. The molecular formula is C27H31N7O2S. The maximum atomic E-state index is 11.9. The van der Waals surface area contributed by atoms with Crippen LogP contribution in [0.2, 0.25) is 0 Å².